The first-order valence-corrected chi connectivity index (χ1v) is 6.37. The summed E-state index contributed by atoms with van der Waals surface area (Å²) in [5.74, 6) is -0.143. The predicted molar refractivity (Wildman–Crippen MR) is 67.9 cm³/mol. The quantitative estimate of drug-likeness (QED) is 0.839. The first-order valence-electron chi connectivity index (χ1n) is 6.37. The highest BCUT2D eigenvalue weighted by atomic mass is 16.6. The van der Waals surface area contributed by atoms with Crippen molar-refractivity contribution < 1.29 is 19.4 Å². The van der Waals surface area contributed by atoms with E-state index in [0.29, 0.717) is 24.6 Å². The van der Waals surface area contributed by atoms with Gasteiger partial charge in [-0.3, -0.25) is 4.79 Å². The molecule has 2 N–H and O–H groups in total. The Bertz CT molecular complexity index is 532. The first-order chi connectivity index (χ1) is 9.26. The van der Waals surface area contributed by atoms with Crippen LogP contribution in [0.4, 0.5) is 4.79 Å². The number of carbonyl (C=O) groups excluding carboxylic acids is 1. The van der Waals surface area contributed by atoms with Crippen molar-refractivity contribution in [3.63, 3.8) is 0 Å². The van der Waals surface area contributed by atoms with Crippen molar-refractivity contribution in [2.75, 3.05) is 0 Å². The van der Waals surface area contributed by atoms with Gasteiger partial charge in [-0.1, -0.05) is 0 Å². The smallest absolute Gasteiger partial charge is 0.408 e. The second-order valence-electron chi connectivity index (χ2n) is 5.74. The molecule has 0 spiro atoms. The minimum Gasteiger partial charge on any atom is -0.481 e. The summed E-state index contributed by atoms with van der Waals surface area (Å²) in [5.41, 5.74) is -0.564. The average Bonchev–Trinajstić information content (AvgIpc) is 2.83. The number of nitrogens with zero attached hydrogens (tertiary/aromatic N) is 3. The summed E-state index contributed by atoms with van der Waals surface area (Å²) in [6.45, 7) is 5.83. The van der Waals surface area contributed by atoms with E-state index in [0.717, 1.165) is 0 Å². The molecule has 1 amide bonds. The normalized spacial score (nSPS) is 17.6. The van der Waals surface area contributed by atoms with Gasteiger partial charge in [0.25, 0.3) is 0 Å². The molecule has 0 aliphatic carbocycles. The number of carbonyl (C=O) groups is 2. The molecule has 1 atom stereocenters. The van der Waals surface area contributed by atoms with E-state index in [4.69, 9.17) is 9.84 Å². The summed E-state index contributed by atoms with van der Waals surface area (Å²) < 4.78 is 6.85. The molecule has 1 unspecified atom stereocenters. The van der Waals surface area contributed by atoms with E-state index in [9.17, 15) is 9.59 Å². The lowest BCUT2D eigenvalue weighted by molar-refractivity contribution is -0.141. The van der Waals surface area contributed by atoms with E-state index in [1.165, 1.54) is 0 Å². The fraction of sp³-hybridized carbons (Fsp3) is 0.667. The highest BCUT2D eigenvalue weighted by molar-refractivity contribution is 5.70. The number of alkyl carbamates (subject to hydrolysis) is 1. The molecule has 2 heterocycles. The number of nitrogens with one attached hydrogen (secondary N) is 1. The number of rotatable bonds is 3. The number of aliphatic carboxylic acids is 1. The van der Waals surface area contributed by atoms with Crippen molar-refractivity contribution in [3.05, 3.63) is 11.6 Å². The van der Waals surface area contributed by atoms with Crippen LogP contribution in [0.25, 0.3) is 0 Å². The van der Waals surface area contributed by atoms with Crippen molar-refractivity contribution in [2.24, 2.45) is 5.92 Å². The lowest BCUT2D eigenvalue weighted by Crippen LogP contribution is -2.32. The molecule has 110 valence electrons. The standard InChI is InChI=1S/C12H18N4O4/c1-12(2,3)20-11(19)13-5-9-15-14-8-4-7(10(17)18)6-16(8)9/h7H,4-6H2,1-3H3,(H,13,19)(H,17,18). The van der Waals surface area contributed by atoms with Crippen LogP contribution in [0.15, 0.2) is 0 Å². The SMILES string of the molecule is CC(C)(C)OC(=O)NCc1nnc2n1CC(C(=O)O)C2. The van der Waals surface area contributed by atoms with E-state index < -0.39 is 23.6 Å². The van der Waals surface area contributed by atoms with Gasteiger partial charge in [0.1, 0.15) is 11.4 Å². The Morgan fingerprint density at radius 3 is 2.75 bits per heavy atom. The van der Waals surface area contributed by atoms with Crippen LogP contribution in [0, 0.1) is 5.92 Å². The number of aromatic nitrogens is 3. The Kier molecular flexibility index (Phi) is 3.65. The van der Waals surface area contributed by atoms with E-state index in [1.54, 1.807) is 25.3 Å². The molecule has 0 bridgehead atoms. The topological polar surface area (TPSA) is 106 Å². The lowest BCUT2D eigenvalue weighted by Gasteiger charge is -2.19. The Morgan fingerprint density at radius 2 is 2.15 bits per heavy atom. The van der Waals surface area contributed by atoms with E-state index in [1.807, 2.05) is 0 Å². The Labute approximate surface area is 116 Å². The third kappa shape index (κ3) is 3.25. The van der Waals surface area contributed by atoms with Crippen molar-refractivity contribution >= 4 is 12.1 Å². The number of hydrogen-bond donors (Lipinski definition) is 2. The van der Waals surface area contributed by atoms with Gasteiger partial charge in [0, 0.05) is 13.0 Å². The minimum atomic E-state index is -0.846. The highest BCUT2D eigenvalue weighted by Gasteiger charge is 2.30. The number of carboxylic acid groups (broad SMARTS) is 1. The number of carboxylic acids is 1. The molecule has 0 radical (unpaired) electrons. The lowest BCUT2D eigenvalue weighted by atomic mass is 10.1. The zero-order valence-electron chi connectivity index (χ0n) is 11.7. The zero-order chi connectivity index (χ0) is 14.9. The number of fused-ring (bicyclic) bond motifs is 1. The molecule has 1 aromatic rings. The van der Waals surface area contributed by atoms with Gasteiger partial charge < -0.3 is 19.7 Å². The van der Waals surface area contributed by atoms with Gasteiger partial charge >= 0.3 is 12.1 Å². The third-order valence-corrected chi connectivity index (χ3v) is 2.87. The molecule has 1 aliphatic rings. The number of hydrogen-bond acceptors (Lipinski definition) is 5. The van der Waals surface area contributed by atoms with Crippen LogP contribution in [0.3, 0.4) is 0 Å². The number of ether oxygens (including phenoxy) is 1. The monoisotopic (exact) mass is 282 g/mol. The van der Waals surface area contributed by atoms with E-state index in [-0.39, 0.29) is 6.54 Å². The molecule has 0 saturated carbocycles. The summed E-state index contributed by atoms with van der Waals surface area (Å²) in [4.78, 5) is 22.5. The zero-order valence-corrected chi connectivity index (χ0v) is 11.7. The molecule has 2 rings (SSSR count). The third-order valence-electron chi connectivity index (χ3n) is 2.87. The van der Waals surface area contributed by atoms with Crippen LogP contribution < -0.4 is 5.32 Å². The molecule has 1 aromatic heterocycles. The summed E-state index contributed by atoms with van der Waals surface area (Å²) in [7, 11) is 0. The van der Waals surface area contributed by atoms with Crippen LogP contribution in [-0.4, -0.2) is 37.5 Å². The molecule has 1 aliphatic heterocycles. The van der Waals surface area contributed by atoms with Gasteiger partial charge in [-0.25, -0.2) is 4.79 Å². The van der Waals surface area contributed by atoms with Crippen molar-refractivity contribution in [1.82, 2.24) is 20.1 Å². The second kappa shape index (κ2) is 5.10. The maximum absolute atomic E-state index is 11.5. The van der Waals surface area contributed by atoms with Gasteiger partial charge in [-0.15, -0.1) is 10.2 Å². The molecule has 0 saturated heterocycles. The maximum atomic E-state index is 11.5. The molecular formula is C12H18N4O4. The molecular weight excluding hydrogens is 264 g/mol. The number of amides is 1. The summed E-state index contributed by atoms with van der Waals surface area (Å²) in [5, 5.41) is 19.5. The fourth-order valence-electron chi connectivity index (χ4n) is 2.00. The predicted octanol–water partition coefficient (Wildman–Crippen LogP) is 0.560. The Hall–Kier alpha value is -2.12. The fourth-order valence-corrected chi connectivity index (χ4v) is 2.00. The molecule has 0 aromatic carbocycles. The minimum absolute atomic E-state index is 0.161. The van der Waals surface area contributed by atoms with Gasteiger partial charge in [0.05, 0.1) is 12.5 Å². The van der Waals surface area contributed by atoms with Crippen LogP contribution >= 0.6 is 0 Å². The average molecular weight is 282 g/mol. The van der Waals surface area contributed by atoms with Crippen LogP contribution in [0.2, 0.25) is 0 Å². The van der Waals surface area contributed by atoms with Gasteiger partial charge in [-0.2, -0.15) is 0 Å². The summed E-state index contributed by atoms with van der Waals surface area (Å²) in [6, 6.07) is 0. The summed E-state index contributed by atoms with van der Waals surface area (Å²) in [6.07, 6.45) is -0.169. The van der Waals surface area contributed by atoms with Crippen molar-refractivity contribution in [2.45, 2.75) is 45.9 Å². The molecule has 20 heavy (non-hydrogen) atoms. The highest BCUT2D eigenvalue weighted by Crippen LogP contribution is 2.20. The maximum Gasteiger partial charge on any atom is 0.408 e. The van der Waals surface area contributed by atoms with Gasteiger partial charge in [0.2, 0.25) is 0 Å². The van der Waals surface area contributed by atoms with Gasteiger partial charge in [0.15, 0.2) is 5.82 Å². The Balaban J connectivity index is 1.94. The first kappa shape index (κ1) is 14.3. The molecule has 0 fully saturated rings. The van der Waals surface area contributed by atoms with Crippen LogP contribution in [0.1, 0.15) is 32.4 Å². The van der Waals surface area contributed by atoms with Crippen molar-refractivity contribution in [3.8, 4) is 0 Å². The van der Waals surface area contributed by atoms with Crippen LogP contribution in [-0.2, 0) is 29.0 Å². The van der Waals surface area contributed by atoms with E-state index >= 15 is 0 Å². The van der Waals surface area contributed by atoms with Crippen molar-refractivity contribution in [1.29, 1.82) is 0 Å². The van der Waals surface area contributed by atoms with Crippen LogP contribution in [0.5, 0.6) is 0 Å². The van der Waals surface area contributed by atoms with E-state index in [2.05, 4.69) is 15.5 Å². The largest absolute Gasteiger partial charge is 0.481 e. The molecule has 8 nitrogen and oxygen atoms in total. The van der Waals surface area contributed by atoms with Gasteiger partial charge in [-0.05, 0) is 20.8 Å². The molecule has 8 heteroatoms. The second-order valence-corrected chi connectivity index (χ2v) is 5.74. The Morgan fingerprint density at radius 1 is 1.45 bits per heavy atom. The summed E-state index contributed by atoms with van der Waals surface area (Å²) >= 11 is 0.